The smallest absolute Gasteiger partial charge is 0.243 e. The van der Waals surface area contributed by atoms with E-state index in [0.29, 0.717) is 87.1 Å². The van der Waals surface area contributed by atoms with Gasteiger partial charge >= 0.3 is 0 Å². The number of ketones is 1. The second-order valence-electron chi connectivity index (χ2n) is 10.1. The van der Waals surface area contributed by atoms with Gasteiger partial charge in [-0.1, -0.05) is 6.92 Å². The Bertz CT molecular complexity index is 1170. The Kier molecular flexibility index (Phi) is 8.70. The number of allylic oxidation sites excluding steroid dienone is 1. The van der Waals surface area contributed by atoms with Crippen LogP contribution in [-0.4, -0.2) is 80.7 Å². The van der Waals surface area contributed by atoms with Crippen molar-refractivity contribution >= 4 is 21.5 Å². The number of sulfonamides is 1. The number of hydrogen-bond acceptors (Lipinski definition) is 7. The molecule has 0 spiro atoms. The Labute approximate surface area is 220 Å². The molecule has 1 aromatic carbocycles. The average molecular weight is 535 g/mol. The van der Waals surface area contributed by atoms with Crippen LogP contribution >= 0.6 is 0 Å². The highest BCUT2D eigenvalue weighted by Crippen LogP contribution is 2.40. The maximum Gasteiger partial charge on any atom is 0.243 e. The number of carbonyl (C=O) groups excluding carboxylic acids is 1. The van der Waals surface area contributed by atoms with Crippen LogP contribution in [0.25, 0.3) is 0 Å². The van der Waals surface area contributed by atoms with Gasteiger partial charge in [-0.25, -0.2) is 8.42 Å². The summed E-state index contributed by atoms with van der Waals surface area (Å²) in [6, 6.07) is 4.59. The van der Waals surface area contributed by atoms with Gasteiger partial charge in [0.2, 0.25) is 10.0 Å². The van der Waals surface area contributed by atoms with Gasteiger partial charge in [-0.3, -0.25) is 19.1 Å². The molecule has 204 valence electrons. The van der Waals surface area contributed by atoms with Crippen molar-refractivity contribution in [3.63, 3.8) is 0 Å². The molecule has 4 rings (SSSR count). The summed E-state index contributed by atoms with van der Waals surface area (Å²) >= 11 is 0. The molecule has 0 radical (unpaired) electrons. The van der Waals surface area contributed by atoms with Crippen LogP contribution < -0.4 is 10.1 Å². The Morgan fingerprint density at radius 3 is 2.54 bits per heavy atom. The van der Waals surface area contributed by atoms with Crippen molar-refractivity contribution < 1.29 is 22.3 Å². The lowest BCUT2D eigenvalue weighted by atomic mass is 9.92. The highest BCUT2D eigenvalue weighted by molar-refractivity contribution is 7.89. The number of Topliss-reactive ketones (excluding diaryl/α,β-unsaturated/α-hetero) is 1. The number of ether oxygens (including phenoxy) is 1. The Hall–Kier alpha value is -2.30. The third kappa shape index (κ3) is 5.61. The molecule has 1 N–H and O–H groups in total. The minimum atomic E-state index is -3.69. The van der Waals surface area contributed by atoms with Crippen molar-refractivity contribution in [1.82, 2.24) is 14.5 Å². The van der Waals surface area contributed by atoms with Gasteiger partial charge < -0.3 is 10.1 Å². The molecule has 3 aliphatic rings. The van der Waals surface area contributed by atoms with E-state index in [2.05, 4.69) is 29.1 Å². The molecule has 0 aliphatic carbocycles. The minimum absolute atomic E-state index is 0.0127. The molecule has 1 saturated heterocycles. The van der Waals surface area contributed by atoms with Gasteiger partial charge in [-0.2, -0.15) is 4.31 Å². The Morgan fingerprint density at radius 1 is 1.19 bits per heavy atom. The summed E-state index contributed by atoms with van der Waals surface area (Å²) in [5, 5.41) is 3.43. The first-order chi connectivity index (χ1) is 17.7. The van der Waals surface area contributed by atoms with Crippen molar-refractivity contribution in [3.8, 4) is 5.75 Å². The molecule has 8 nitrogen and oxygen atoms in total. The number of halogens is 1. The van der Waals surface area contributed by atoms with Crippen LogP contribution in [0.5, 0.6) is 5.75 Å². The molecule has 37 heavy (non-hydrogen) atoms. The second kappa shape index (κ2) is 11.6. The molecule has 0 amide bonds. The monoisotopic (exact) mass is 534 g/mol. The zero-order valence-corrected chi connectivity index (χ0v) is 23.1. The van der Waals surface area contributed by atoms with Gasteiger partial charge in [0.25, 0.3) is 0 Å². The maximum atomic E-state index is 13.6. The first-order valence-electron chi connectivity index (χ1n) is 13.4. The van der Waals surface area contributed by atoms with Crippen molar-refractivity contribution in [3.05, 3.63) is 35.0 Å². The van der Waals surface area contributed by atoms with Crippen molar-refractivity contribution in [1.29, 1.82) is 0 Å². The third-order valence-electron chi connectivity index (χ3n) is 7.46. The molecule has 1 aromatic rings. The number of nitrogens with zero attached hydrogens (tertiary/aromatic N) is 3. The lowest BCUT2D eigenvalue weighted by molar-refractivity contribution is -0.117. The van der Waals surface area contributed by atoms with Gasteiger partial charge in [-0.05, 0) is 58.2 Å². The fourth-order valence-electron chi connectivity index (χ4n) is 5.36. The average Bonchev–Trinajstić information content (AvgIpc) is 3.35. The lowest BCUT2D eigenvalue weighted by Gasteiger charge is -2.36. The predicted molar refractivity (Wildman–Crippen MR) is 142 cm³/mol. The van der Waals surface area contributed by atoms with E-state index >= 15 is 0 Å². The van der Waals surface area contributed by atoms with E-state index in [1.165, 1.54) is 0 Å². The first-order valence-corrected chi connectivity index (χ1v) is 14.8. The van der Waals surface area contributed by atoms with Crippen molar-refractivity contribution in [2.45, 2.75) is 76.4 Å². The summed E-state index contributed by atoms with van der Waals surface area (Å²) in [6.07, 6.45) is 1.79. The van der Waals surface area contributed by atoms with Gasteiger partial charge in [0, 0.05) is 49.8 Å². The lowest BCUT2D eigenvalue weighted by Crippen LogP contribution is -2.50. The normalized spacial score (nSPS) is 23.3. The van der Waals surface area contributed by atoms with Crippen molar-refractivity contribution in [2.75, 3.05) is 39.5 Å². The largest absolute Gasteiger partial charge is 0.494 e. The third-order valence-corrected chi connectivity index (χ3v) is 9.36. The Balaban J connectivity index is 1.62. The molecular weight excluding hydrogens is 495 g/mol. The van der Waals surface area contributed by atoms with E-state index in [0.717, 1.165) is 5.71 Å². The predicted octanol–water partition coefficient (Wildman–Crippen LogP) is 3.64. The summed E-state index contributed by atoms with van der Waals surface area (Å²) < 4.78 is 47.6. The standard InChI is InChI=1S/C27H39FN4O4S/c1-5-22-27(33)21-17-24(30-26(21)23(29-22)8-7-11-28)20-16-19(9-10-25(20)36-6-2)37(34,35)32-14-12-31(13-15-32)18(3)4/h9-10,16,18,22,24,30H,5-8,11-15,17H2,1-4H3. The number of carbonyl (C=O) groups is 1. The summed E-state index contributed by atoms with van der Waals surface area (Å²) in [5.74, 6) is 0.575. The quantitative estimate of drug-likeness (QED) is 0.493. The molecule has 10 heteroatoms. The number of benzene rings is 1. The van der Waals surface area contributed by atoms with E-state index in [1.54, 1.807) is 22.5 Å². The van der Waals surface area contributed by atoms with Crippen LogP contribution in [0.3, 0.4) is 0 Å². The van der Waals surface area contributed by atoms with Crippen LogP contribution in [0, 0.1) is 0 Å². The molecule has 0 saturated carbocycles. The molecular formula is C27H39FN4O4S. The van der Waals surface area contributed by atoms with E-state index in [-0.39, 0.29) is 16.7 Å². The fraction of sp³-hybridized carbons (Fsp3) is 0.630. The Morgan fingerprint density at radius 2 is 1.92 bits per heavy atom. The highest BCUT2D eigenvalue weighted by Gasteiger charge is 2.39. The van der Waals surface area contributed by atoms with Crippen LogP contribution in [0.1, 0.15) is 65.0 Å². The zero-order chi connectivity index (χ0) is 26.7. The number of dihydropyridines is 1. The maximum absolute atomic E-state index is 13.6. The summed E-state index contributed by atoms with van der Waals surface area (Å²) in [7, 11) is -3.69. The minimum Gasteiger partial charge on any atom is -0.494 e. The SMILES string of the molecule is CCOc1ccc(S(=O)(=O)N2CCN(C(C)C)CC2)cc1C1CC2=C(N1)C(CCCF)=NC(CC)C2=O. The fourth-order valence-corrected chi connectivity index (χ4v) is 6.81. The summed E-state index contributed by atoms with van der Waals surface area (Å²) in [5.41, 5.74) is 2.77. The number of rotatable bonds is 10. The van der Waals surface area contributed by atoms with Gasteiger partial charge in [0.05, 0.1) is 35.6 Å². The van der Waals surface area contributed by atoms with Crippen LogP contribution in [0.2, 0.25) is 0 Å². The van der Waals surface area contributed by atoms with Gasteiger partial charge in [0.1, 0.15) is 11.8 Å². The molecule has 3 aliphatic heterocycles. The first kappa shape index (κ1) is 27.7. The summed E-state index contributed by atoms with van der Waals surface area (Å²) in [6.45, 7) is 10.3. The number of nitrogens with one attached hydrogen (secondary N) is 1. The number of hydrogen-bond donors (Lipinski definition) is 1. The van der Waals surface area contributed by atoms with Crippen LogP contribution in [0.4, 0.5) is 4.39 Å². The topological polar surface area (TPSA) is 91.3 Å². The number of piperazine rings is 1. The molecule has 2 atom stereocenters. The number of alkyl halides is 1. The van der Waals surface area contributed by atoms with E-state index in [1.807, 2.05) is 13.8 Å². The number of aliphatic imine (C=N–C) groups is 1. The molecule has 3 heterocycles. The van der Waals surface area contributed by atoms with Gasteiger partial charge in [-0.15, -0.1) is 0 Å². The summed E-state index contributed by atoms with van der Waals surface area (Å²) in [4.78, 5) is 20.3. The van der Waals surface area contributed by atoms with Gasteiger partial charge in [0.15, 0.2) is 5.78 Å². The molecule has 0 bridgehead atoms. The molecule has 2 unspecified atom stereocenters. The molecule has 0 aromatic heterocycles. The highest BCUT2D eigenvalue weighted by atomic mass is 32.2. The second-order valence-corrected chi connectivity index (χ2v) is 12.0. The zero-order valence-electron chi connectivity index (χ0n) is 22.3. The van der Waals surface area contributed by atoms with Crippen molar-refractivity contribution in [2.24, 2.45) is 4.99 Å². The van der Waals surface area contributed by atoms with Crippen LogP contribution in [0.15, 0.2) is 39.4 Å². The molecule has 1 fully saturated rings. The van der Waals surface area contributed by atoms with Crippen LogP contribution in [-0.2, 0) is 14.8 Å². The van der Waals surface area contributed by atoms with E-state index in [9.17, 15) is 17.6 Å². The van der Waals surface area contributed by atoms with E-state index in [4.69, 9.17) is 4.74 Å². The van der Waals surface area contributed by atoms with E-state index < -0.39 is 22.7 Å².